The summed E-state index contributed by atoms with van der Waals surface area (Å²) in [5.74, 6) is 0.899. The second-order valence-corrected chi connectivity index (χ2v) is 5.08. The highest BCUT2D eigenvalue weighted by molar-refractivity contribution is 6.22. The number of halogens is 1. The van der Waals surface area contributed by atoms with Crippen LogP contribution in [0.15, 0.2) is 42.5 Å². The van der Waals surface area contributed by atoms with E-state index in [1.54, 1.807) is 7.11 Å². The maximum absolute atomic E-state index is 6.64. The summed E-state index contributed by atoms with van der Waals surface area (Å²) in [4.78, 5) is 0. The van der Waals surface area contributed by atoms with Gasteiger partial charge in [0.15, 0.2) is 0 Å². The van der Waals surface area contributed by atoms with Gasteiger partial charge < -0.3 is 4.74 Å². The van der Waals surface area contributed by atoms with E-state index in [0.717, 1.165) is 23.3 Å². The molecular formula is C17H19ClO. The summed E-state index contributed by atoms with van der Waals surface area (Å²) < 4.78 is 5.29. The minimum absolute atomic E-state index is 0.110. The van der Waals surface area contributed by atoms with Crippen LogP contribution in [0, 0.1) is 6.92 Å². The zero-order valence-electron chi connectivity index (χ0n) is 11.6. The molecule has 0 aromatic heterocycles. The third kappa shape index (κ3) is 2.93. The van der Waals surface area contributed by atoms with E-state index in [-0.39, 0.29) is 5.38 Å². The maximum atomic E-state index is 6.64. The lowest BCUT2D eigenvalue weighted by Gasteiger charge is -2.16. The first-order valence-electron chi connectivity index (χ1n) is 6.53. The van der Waals surface area contributed by atoms with Gasteiger partial charge in [0.25, 0.3) is 0 Å². The average Bonchev–Trinajstić information content (AvgIpc) is 2.46. The smallest absolute Gasteiger partial charge is 0.121 e. The maximum Gasteiger partial charge on any atom is 0.121 e. The lowest BCUT2D eigenvalue weighted by atomic mass is 9.97. The van der Waals surface area contributed by atoms with Crippen LogP contribution < -0.4 is 4.74 Å². The number of hydrogen-bond donors (Lipinski definition) is 0. The predicted molar refractivity (Wildman–Crippen MR) is 81.2 cm³/mol. The van der Waals surface area contributed by atoms with Crippen molar-refractivity contribution >= 4 is 11.6 Å². The van der Waals surface area contributed by atoms with Gasteiger partial charge in [0.1, 0.15) is 5.75 Å². The summed E-state index contributed by atoms with van der Waals surface area (Å²) in [5.41, 5.74) is 4.72. The first kappa shape index (κ1) is 14.0. The van der Waals surface area contributed by atoms with Gasteiger partial charge in [0, 0.05) is 0 Å². The third-order valence-corrected chi connectivity index (χ3v) is 3.91. The molecule has 1 nitrogen and oxygen atoms in total. The molecule has 100 valence electrons. The third-order valence-electron chi connectivity index (χ3n) is 3.42. The minimum Gasteiger partial charge on any atom is -0.496 e. The molecule has 0 aliphatic rings. The minimum atomic E-state index is -0.110. The van der Waals surface area contributed by atoms with Crippen molar-refractivity contribution in [1.29, 1.82) is 0 Å². The molecule has 0 saturated heterocycles. The highest BCUT2D eigenvalue weighted by Crippen LogP contribution is 2.33. The Hall–Kier alpha value is -1.47. The van der Waals surface area contributed by atoms with Crippen molar-refractivity contribution in [1.82, 2.24) is 0 Å². The van der Waals surface area contributed by atoms with Crippen LogP contribution in [-0.2, 0) is 6.42 Å². The largest absolute Gasteiger partial charge is 0.496 e. The van der Waals surface area contributed by atoms with Crippen LogP contribution in [0.5, 0.6) is 5.75 Å². The zero-order chi connectivity index (χ0) is 13.8. The Kier molecular flexibility index (Phi) is 4.49. The van der Waals surface area contributed by atoms with E-state index in [4.69, 9.17) is 16.3 Å². The summed E-state index contributed by atoms with van der Waals surface area (Å²) in [6.07, 6.45) is 0.995. The van der Waals surface area contributed by atoms with E-state index in [2.05, 4.69) is 31.2 Å². The molecule has 0 saturated carbocycles. The normalized spacial score (nSPS) is 12.2. The van der Waals surface area contributed by atoms with E-state index in [0.29, 0.717) is 0 Å². The Morgan fingerprint density at radius 3 is 2.53 bits per heavy atom. The van der Waals surface area contributed by atoms with Crippen LogP contribution >= 0.6 is 11.6 Å². The summed E-state index contributed by atoms with van der Waals surface area (Å²) in [7, 11) is 1.69. The Bertz CT molecular complexity index is 563. The molecular weight excluding hydrogens is 256 g/mol. The predicted octanol–water partition coefficient (Wildman–Crippen LogP) is 4.89. The van der Waals surface area contributed by atoms with Gasteiger partial charge in [-0.1, -0.05) is 43.3 Å². The summed E-state index contributed by atoms with van der Waals surface area (Å²) in [5, 5.41) is -0.110. The van der Waals surface area contributed by atoms with Crippen LogP contribution in [0.25, 0.3) is 0 Å². The SMILES string of the molecule is CCc1ccccc1C(Cl)c1ccc(OC)c(C)c1. The molecule has 0 N–H and O–H groups in total. The molecule has 2 rings (SSSR count). The van der Waals surface area contributed by atoms with E-state index >= 15 is 0 Å². The number of alkyl halides is 1. The number of hydrogen-bond acceptors (Lipinski definition) is 1. The summed E-state index contributed by atoms with van der Waals surface area (Å²) >= 11 is 6.64. The molecule has 0 spiro atoms. The van der Waals surface area contributed by atoms with Gasteiger partial charge in [-0.2, -0.15) is 0 Å². The van der Waals surface area contributed by atoms with E-state index in [1.807, 2.05) is 25.1 Å². The molecule has 0 bridgehead atoms. The Morgan fingerprint density at radius 1 is 1.16 bits per heavy atom. The van der Waals surface area contributed by atoms with Crippen LogP contribution in [0.4, 0.5) is 0 Å². The molecule has 0 heterocycles. The molecule has 19 heavy (non-hydrogen) atoms. The number of methoxy groups -OCH3 is 1. The van der Waals surface area contributed by atoms with Gasteiger partial charge in [-0.25, -0.2) is 0 Å². The molecule has 2 aromatic rings. The average molecular weight is 275 g/mol. The van der Waals surface area contributed by atoms with Crippen molar-refractivity contribution in [2.24, 2.45) is 0 Å². The lowest BCUT2D eigenvalue weighted by molar-refractivity contribution is 0.411. The molecule has 0 radical (unpaired) electrons. The molecule has 0 fully saturated rings. The number of aryl methyl sites for hydroxylation is 2. The Labute approximate surface area is 120 Å². The van der Waals surface area contributed by atoms with Crippen molar-refractivity contribution < 1.29 is 4.74 Å². The molecule has 1 unspecified atom stereocenters. The quantitative estimate of drug-likeness (QED) is 0.721. The highest BCUT2D eigenvalue weighted by Gasteiger charge is 2.14. The van der Waals surface area contributed by atoms with Crippen molar-refractivity contribution in [2.45, 2.75) is 25.6 Å². The van der Waals surface area contributed by atoms with Crippen molar-refractivity contribution in [2.75, 3.05) is 7.11 Å². The van der Waals surface area contributed by atoms with Gasteiger partial charge in [0.2, 0.25) is 0 Å². The number of ether oxygens (including phenoxy) is 1. The Balaban J connectivity index is 2.38. The van der Waals surface area contributed by atoms with Gasteiger partial charge in [-0.3, -0.25) is 0 Å². The monoisotopic (exact) mass is 274 g/mol. The zero-order valence-corrected chi connectivity index (χ0v) is 12.4. The molecule has 2 heteroatoms. The molecule has 0 amide bonds. The van der Waals surface area contributed by atoms with Crippen LogP contribution in [0.2, 0.25) is 0 Å². The standard InChI is InChI=1S/C17H19ClO/c1-4-13-7-5-6-8-15(13)17(18)14-9-10-16(19-3)12(2)11-14/h5-11,17H,4H2,1-3H3. The number of rotatable bonds is 4. The van der Waals surface area contributed by atoms with E-state index < -0.39 is 0 Å². The van der Waals surface area contributed by atoms with Gasteiger partial charge in [0.05, 0.1) is 12.5 Å². The van der Waals surface area contributed by atoms with Crippen LogP contribution in [0.3, 0.4) is 0 Å². The second-order valence-electron chi connectivity index (χ2n) is 4.64. The fraction of sp³-hybridized carbons (Fsp3) is 0.294. The second kappa shape index (κ2) is 6.12. The fourth-order valence-corrected chi connectivity index (χ4v) is 2.69. The van der Waals surface area contributed by atoms with Gasteiger partial charge >= 0.3 is 0 Å². The van der Waals surface area contributed by atoms with Crippen LogP contribution in [-0.4, -0.2) is 7.11 Å². The fourth-order valence-electron chi connectivity index (χ4n) is 2.34. The first-order chi connectivity index (χ1) is 9.17. The van der Waals surface area contributed by atoms with Gasteiger partial charge in [-0.05, 0) is 41.7 Å². The molecule has 0 aliphatic carbocycles. The van der Waals surface area contributed by atoms with Crippen LogP contribution in [0.1, 0.15) is 34.6 Å². The van der Waals surface area contributed by atoms with E-state index in [1.165, 1.54) is 11.1 Å². The van der Waals surface area contributed by atoms with E-state index in [9.17, 15) is 0 Å². The molecule has 1 atom stereocenters. The molecule has 0 aliphatic heterocycles. The topological polar surface area (TPSA) is 9.23 Å². The number of benzene rings is 2. The van der Waals surface area contributed by atoms with Crippen molar-refractivity contribution in [3.8, 4) is 5.75 Å². The summed E-state index contributed by atoms with van der Waals surface area (Å²) in [6, 6.07) is 14.5. The summed E-state index contributed by atoms with van der Waals surface area (Å²) in [6.45, 7) is 4.19. The molecule has 2 aromatic carbocycles. The lowest BCUT2D eigenvalue weighted by Crippen LogP contribution is -1.99. The van der Waals surface area contributed by atoms with Crippen molar-refractivity contribution in [3.05, 3.63) is 64.7 Å². The van der Waals surface area contributed by atoms with Gasteiger partial charge in [-0.15, -0.1) is 11.6 Å². The first-order valence-corrected chi connectivity index (χ1v) is 6.97. The van der Waals surface area contributed by atoms with Crippen molar-refractivity contribution in [3.63, 3.8) is 0 Å². The Morgan fingerprint density at radius 2 is 1.89 bits per heavy atom. The highest BCUT2D eigenvalue weighted by atomic mass is 35.5.